The number of rotatable bonds is 3. The molecule has 0 aliphatic carbocycles. The first-order valence-corrected chi connectivity index (χ1v) is 4.80. The van der Waals surface area contributed by atoms with Crippen LogP contribution in [-0.2, 0) is 11.2 Å². The quantitative estimate of drug-likeness (QED) is 0.743. The minimum absolute atomic E-state index is 0.0452. The van der Waals surface area contributed by atoms with Gasteiger partial charge in [0.25, 0.3) is 0 Å². The highest BCUT2D eigenvalue weighted by Crippen LogP contribution is 2.27. The van der Waals surface area contributed by atoms with Gasteiger partial charge in [0.05, 0.1) is 12.5 Å². The van der Waals surface area contributed by atoms with Crippen molar-refractivity contribution in [2.75, 3.05) is 0 Å². The lowest BCUT2D eigenvalue weighted by Crippen LogP contribution is -2.07. The number of carbonyl (C=O) groups is 1. The zero-order chi connectivity index (χ0) is 11.4. The fourth-order valence-electron chi connectivity index (χ4n) is 1.31. The Morgan fingerprint density at radius 1 is 1.67 bits per heavy atom. The number of halogens is 2. The van der Waals surface area contributed by atoms with Crippen LogP contribution < -0.4 is 0 Å². The van der Waals surface area contributed by atoms with Crippen LogP contribution in [0.2, 0.25) is 0 Å². The summed E-state index contributed by atoms with van der Waals surface area (Å²) in [5.74, 6) is -0.876. The minimum atomic E-state index is -1.02. The second-order valence-corrected chi connectivity index (χ2v) is 3.56. The molecular formula is C11H9ClFNO. The van der Waals surface area contributed by atoms with Gasteiger partial charge in [-0.25, -0.2) is 4.39 Å². The molecule has 15 heavy (non-hydrogen) atoms. The van der Waals surface area contributed by atoms with Gasteiger partial charge < -0.3 is 0 Å². The number of hydrogen-bond donors (Lipinski definition) is 0. The average molecular weight is 226 g/mol. The van der Waals surface area contributed by atoms with Crippen molar-refractivity contribution in [2.45, 2.75) is 18.7 Å². The highest BCUT2D eigenvalue weighted by atomic mass is 35.5. The Balaban J connectivity index is 3.25. The summed E-state index contributed by atoms with van der Waals surface area (Å²) in [6.07, 6.45) is 0.0452. The van der Waals surface area contributed by atoms with Gasteiger partial charge in [0.2, 0.25) is 0 Å². The van der Waals surface area contributed by atoms with Gasteiger partial charge in [-0.3, -0.25) is 4.79 Å². The van der Waals surface area contributed by atoms with Gasteiger partial charge in [0, 0.05) is 5.56 Å². The Morgan fingerprint density at radius 3 is 2.87 bits per heavy atom. The van der Waals surface area contributed by atoms with Crippen LogP contribution in [0.4, 0.5) is 4.39 Å². The van der Waals surface area contributed by atoms with Gasteiger partial charge in [0.15, 0.2) is 5.78 Å². The van der Waals surface area contributed by atoms with E-state index in [1.54, 1.807) is 6.07 Å². The number of ketones is 1. The van der Waals surface area contributed by atoms with Crippen LogP contribution >= 0.6 is 11.6 Å². The Kier molecular flexibility index (Phi) is 3.81. The summed E-state index contributed by atoms with van der Waals surface area (Å²) in [7, 11) is 0. The first kappa shape index (κ1) is 11.7. The van der Waals surface area contributed by atoms with Gasteiger partial charge in [-0.1, -0.05) is 12.1 Å². The summed E-state index contributed by atoms with van der Waals surface area (Å²) < 4.78 is 13.4. The van der Waals surface area contributed by atoms with Crippen LogP contribution in [0, 0.1) is 17.1 Å². The van der Waals surface area contributed by atoms with E-state index in [9.17, 15) is 9.18 Å². The molecule has 4 heteroatoms. The Morgan fingerprint density at radius 2 is 2.33 bits per heavy atom. The number of nitrogens with zero attached hydrogens (tertiary/aromatic N) is 1. The molecule has 1 unspecified atom stereocenters. The lowest BCUT2D eigenvalue weighted by Gasteiger charge is -2.11. The van der Waals surface area contributed by atoms with E-state index in [2.05, 4.69) is 0 Å². The summed E-state index contributed by atoms with van der Waals surface area (Å²) in [4.78, 5) is 11.1. The second kappa shape index (κ2) is 4.90. The molecule has 0 saturated heterocycles. The molecule has 1 atom stereocenters. The lowest BCUT2D eigenvalue weighted by atomic mass is 10.00. The molecule has 1 aromatic rings. The Labute approximate surface area is 92.3 Å². The number of alkyl halides is 1. The van der Waals surface area contributed by atoms with Crippen LogP contribution in [0.3, 0.4) is 0 Å². The van der Waals surface area contributed by atoms with E-state index < -0.39 is 11.2 Å². The molecule has 0 heterocycles. The molecule has 0 aliphatic heterocycles. The lowest BCUT2D eigenvalue weighted by molar-refractivity contribution is -0.116. The molecule has 78 valence electrons. The maximum absolute atomic E-state index is 13.4. The van der Waals surface area contributed by atoms with Crippen molar-refractivity contribution >= 4 is 17.4 Å². The zero-order valence-corrected chi connectivity index (χ0v) is 8.88. The van der Waals surface area contributed by atoms with Crippen LogP contribution in [0.25, 0.3) is 0 Å². The molecule has 0 saturated carbocycles. The highest BCUT2D eigenvalue weighted by Gasteiger charge is 2.20. The van der Waals surface area contributed by atoms with E-state index in [4.69, 9.17) is 16.9 Å². The first-order valence-electron chi connectivity index (χ1n) is 4.36. The second-order valence-electron chi connectivity index (χ2n) is 3.12. The maximum Gasteiger partial charge on any atom is 0.152 e. The highest BCUT2D eigenvalue weighted by molar-refractivity contribution is 6.30. The number of benzene rings is 1. The molecule has 2 nitrogen and oxygen atoms in total. The van der Waals surface area contributed by atoms with E-state index in [1.165, 1.54) is 19.1 Å². The van der Waals surface area contributed by atoms with Gasteiger partial charge in [-0.2, -0.15) is 5.26 Å². The molecule has 0 spiro atoms. The number of Topliss-reactive ketones (excluding diaryl/α,β-unsaturated/α-hetero) is 1. The van der Waals surface area contributed by atoms with Gasteiger partial charge in [0.1, 0.15) is 11.2 Å². The SMILES string of the molecule is CC(=O)C(Cl)c1c(F)cccc1CC#N. The summed E-state index contributed by atoms with van der Waals surface area (Å²) in [6.45, 7) is 1.29. The van der Waals surface area contributed by atoms with Crippen molar-refractivity contribution in [2.24, 2.45) is 0 Å². The molecule has 0 radical (unpaired) electrons. The summed E-state index contributed by atoms with van der Waals surface area (Å²) in [5, 5.41) is 7.54. The van der Waals surface area contributed by atoms with Crippen molar-refractivity contribution in [1.29, 1.82) is 5.26 Å². The van der Waals surface area contributed by atoms with Gasteiger partial charge in [-0.15, -0.1) is 11.6 Å². The van der Waals surface area contributed by atoms with E-state index >= 15 is 0 Å². The number of carbonyl (C=O) groups excluding carboxylic acids is 1. The molecule has 0 aromatic heterocycles. The fourth-order valence-corrected chi connectivity index (χ4v) is 1.55. The Hall–Kier alpha value is -1.40. The summed E-state index contributed by atoms with van der Waals surface area (Å²) in [6, 6.07) is 6.23. The molecule has 1 aromatic carbocycles. The topological polar surface area (TPSA) is 40.9 Å². The van der Waals surface area contributed by atoms with Crippen molar-refractivity contribution in [3.63, 3.8) is 0 Å². The number of nitriles is 1. The largest absolute Gasteiger partial charge is 0.298 e. The normalized spacial score (nSPS) is 11.9. The van der Waals surface area contributed by atoms with Crippen LogP contribution in [0.15, 0.2) is 18.2 Å². The smallest absolute Gasteiger partial charge is 0.152 e. The predicted molar refractivity (Wildman–Crippen MR) is 55.0 cm³/mol. The molecule has 1 rings (SSSR count). The predicted octanol–water partition coefficient (Wildman–Crippen LogP) is 2.76. The van der Waals surface area contributed by atoms with Gasteiger partial charge >= 0.3 is 0 Å². The molecule has 0 aliphatic rings. The fraction of sp³-hybridized carbons (Fsp3) is 0.273. The molecule has 0 fully saturated rings. The minimum Gasteiger partial charge on any atom is -0.298 e. The monoisotopic (exact) mass is 225 g/mol. The van der Waals surface area contributed by atoms with Gasteiger partial charge in [-0.05, 0) is 18.6 Å². The van der Waals surface area contributed by atoms with Crippen LogP contribution in [-0.4, -0.2) is 5.78 Å². The molecule has 0 amide bonds. The van der Waals surface area contributed by atoms with Crippen molar-refractivity contribution < 1.29 is 9.18 Å². The third-order valence-electron chi connectivity index (χ3n) is 2.02. The van der Waals surface area contributed by atoms with Crippen molar-refractivity contribution in [1.82, 2.24) is 0 Å². The van der Waals surface area contributed by atoms with E-state index in [0.717, 1.165) is 0 Å². The molecular weight excluding hydrogens is 217 g/mol. The van der Waals surface area contributed by atoms with E-state index in [-0.39, 0.29) is 17.8 Å². The van der Waals surface area contributed by atoms with E-state index in [0.29, 0.717) is 5.56 Å². The third-order valence-corrected chi connectivity index (χ3v) is 2.55. The Bertz CT molecular complexity index is 425. The first-order chi connectivity index (χ1) is 7.07. The zero-order valence-electron chi connectivity index (χ0n) is 8.13. The standard InChI is InChI=1S/C11H9ClFNO/c1-7(15)11(12)10-8(5-6-14)3-2-4-9(10)13/h2-4,11H,5H2,1H3. The maximum atomic E-state index is 13.4. The molecule has 0 bridgehead atoms. The summed E-state index contributed by atoms with van der Waals surface area (Å²) >= 11 is 5.79. The van der Waals surface area contributed by atoms with Crippen molar-refractivity contribution in [3.05, 3.63) is 35.1 Å². The van der Waals surface area contributed by atoms with E-state index in [1.807, 2.05) is 6.07 Å². The average Bonchev–Trinajstić information content (AvgIpc) is 2.17. The van der Waals surface area contributed by atoms with Crippen LogP contribution in [0.5, 0.6) is 0 Å². The third kappa shape index (κ3) is 2.54. The van der Waals surface area contributed by atoms with Crippen molar-refractivity contribution in [3.8, 4) is 6.07 Å². The molecule has 0 N–H and O–H groups in total. The van der Waals surface area contributed by atoms with Crippen LogP contribution in [0.1, 0.15) is 23.4 Å². The number of hydrogen-bond acceptors (Lipinski definition) is 2. The summed E-state index contributed by atoms with van der Waals surface area (Å²) in [5.41, 5.74) is 0.584.